The summed E-state index contributed by atoms with van der Waals surface area (Å²) in [6, 6.07) is -1.01. The van der Waals surface area contributed by atoms with Crippen LogP contribution in [0.3, 0.4) is 0 Å². The number of nitrogens with one attached hydrogen (secondary N) is 2. The SMILES string of the molecule is COCC(/C=C/COC(=O)N1CCN(c2ncc(F)cn2)CC1C)Nc1cn[nH]c(=O)c1C(F)(F)F. The van der Waals surface area contributed by atoms with Crippen LogP contribution in [0.4, 0.5) is 34.0 Å². The molecule has 0 bridgehead atoms. The number of piperazine rings is 1. The smallest absolute Gasteiger partial charge is 0.423 e. The van der Waals surface area contributed by atoms with Gasteiger partial charge in [0.15, 0.2) is 5.82 Å². The van der Waals surface area contributed by atoms with Crippen molar-refractivity contribution in [2.75, 3.05) is 50.2 Å². The van der Waals surface area contributed by atoms with Crippen molar-refractivity contribution >= 4 is 17.7 Å². The zero-order valence-corrected chi connectivity index (χ0v) is 19.5. The molecule has 1 amide bonds. The van der Waals surface area contributed by atoms with E-state index in [4.69, 9.17) is 9.47 Å². The second kappa shape index (κ2) is 11.8. The lowest BCUT2D eigenvalue weighted by atomic mass is 10.2. The third-order valence-electron chi connectivity index (χ3n) is 5.25. The normalized spacial score (nSPS) is 17.3. The number of anilines is 2. The number of alkyl halides is 3. The van der Waals surface area contributed by atoms with Gasteiger partial charge in [-0.05, 0) is 13.0 Å². The largest absolute Gasteiger partial charge is 0.445 e. The molecule has 0 radical (unpaired) electrons. The maximum atomic E-state index is 13.3. The number of H-pyrrole nitrogens is 1. The van der Waals surface area contributed by atoms with Gasteiger partial charge in [0.1, 0.15) is 12.2 Å². The molecule has 2 atom stereocenters. The highest BCUT2D eigenvalue weighted by Crippen LogP contribution is 2.31. The van der Waals surface area contributed by atoms with E-state index in [2.05, 4.69) is 20.4 Å². The number of aromatic amines is 1. The number of hydrogen-bond acceptors (Lipinski definition) is 9. The molecule has 2 unspecified atom stereocenters. The number of ether oxygens (including phenoxy) is 2. The van der Waals surface area contributed by atoms with Crippen LogP contribution in [0.15, 0.2) is 35.5 Å². The van der Waals surface area contributed by atoms with E-state index in [0.717, 1.165) is 18.6 Å². The number of nitrogens with zero attached hydrogens (tertiary/aromatic N) is 5. The minimum absolute atomic E-state index is 0.0288. The minimum Gasteiger partial charge on any atom is -0.445 e. The molecule has 36 heavy (non-hydrogen) atoms. The number of halogens is 4. The van der Waals surface area contributed by atoms with Gasteiger partial charge >= 0.3 is 12.3 Å². The van der Waals surface area contributed by atoms with Crippen LogP contribution in [0.5, 0.6) is 0 Å². The van der Waals surface area contributed by atoms with Gasteiger partial charge in [-0.15, -0.1) is 0 Å². The average Bonchev–Trinajstić information content (AvgIpc) is 2.81. The maximum Gasteiger partial charge on any atom is 0.423 e. The third-order valence-corrected chi connectivity index (χ3v) is 5.25. The zero-order chi connectivity index (χ0) is 26.3. The lowest BCUT2D eigenvalue weighted by molar-refractivity contribution is -0.138. The summed E-state index contributed by atoms with van der Waals surface area (Å²) in [6.07, 6.45) is 0.462. The van der Waals surface area contributed by atoms with Crippen molar-refractivity contribution in [2.45, 2.75) is 25.2 Å². The molecule has 1 aliphatic heterocycles. The molecule has 2 aromatic heterocycles. The van der Waals surface area contributed by atoms with Gasteiger partial charge in [-0.1, -0.05) is 6.08 Å². The van der Waals surface area contributed by atoms with E-state index in [-0.39, 0.29) is 19.3 Å². The quantitative estimate of drug-likeness (QED) is 0.401. The first-order valence-electron chi connectivity index (χ1n) is 10.8. The number of rotatable bonds is 8. The molecule has 196 valence electrons. The Morgan fingerprint density at radius 1 is 1.31 bits per heavy atom. The Morgan fingerprint density at radius 3 is 2.67 bits per heavy atom. The van der Waals surface area contributed by atoms with Gasteiger partial charge in [0.05, 0.1) is 36.9 Å². The van der Waals surface area contributed by atoms with Crippen molar-refractivity contribution in [2.24, 2.45) is 0 Å². The lowest BCUT2D eigenvalue weighted by Crippen LogP contribution is -2.54. The van der Waals surface area contributed by atoms with Crippen molar-refractivity contribution in [3.63, 3.8) is 0 Å². The van der Waals surface area contributed by atoms with E-state index >= 15 is 0 Å². The molecule has 2 aromatic rings. The van der Waals surface area contributed by atoms with E-state index in [9.17, 15) is 27.2 Å². The fraction of sp³-hybridized carbons (Fsp3) is 0.476. The Morgan fingerprint density at radius 2 is 2.03 bits per heavy atom. The van der Waals surface area contributed by atoms with E-state index < -0.39 is 40.9 Å². The Balaban J connectivity index is 1.55. The van der Waals surface area contributed by atoms with Crippen molar-refractivity contribution in [1.82, 2.24) is 25.1 Å². The molecule has 0 saturated carbocycles. The zero-order valence-electron chi connectivity index (χ0n) is 19.5. The predicted octanol–water partition coefficient (Wildman–Crippen LogP) is 2.05. The molecule has 0 aliphatic carbocycles. The summed E-state index contributed by atoms with van der Waals surface area (Å²) in [5.74, 6) is -0.180. The first kappa shape index (κ1) is 26.8. The summed E-state index contributed by atoms with van der Waals surface area (Å²) in [5, 5.41) is 7.75. The molecular formula is C21H25F4N7O4. The van der Waals surface area contributed by atoms with Crippen LogP contribution >= 0.6 is 0 Å². The summed E-state index contributed by atoms with van der Waals surface area (Å²) < 4.78 is 63.1. The van der Waals surface area contributed by atoms with E-state index in [1.807, 2.05) is 11.8 Å². The molecule has 15 heteroatoms. The number of hydrogen-bond donors (Lipinski definition) is 2. The van der Waals surface area contributed by atoms with Crippen molar-refractivity contribution in [3.8, 4) is 0 Å². The van der Waals surface area contributed by atoms with Crippen LogP contribution < -0.4 is 15.8 Å². The summed E-state index contributed by atoms with van der Waals surface area (Å²) in [7, 11) is 1.36. The molecule has 0 spiro atoms. The molecule has 11 nitrogen and oxygen atoms in total. The monoisotopic (exact) mass is 515 g/mol. The maximum absolute atomic E-state index is 13.3. The number of carbonyl (C=O) groups excluding carboxylic acids is 1. The van der Waals surface area contributed by atoms with E-state index in [1.54, 1.807) is 5.10 Å². The summed E-state index contributed by atoms with van der Waals surface area (Å²) in [5.41, 5.74) is -3.29. The minimum atomic E-state index is -4.89. The molecule has 3 heterocycles. The van der Waals surface area contributed by atoms with E-state index in [1.165, 1.54) is 24.2 Å². The van der Waals surface area contributed by atoms with Gasteiger partial charge in [0.25, 0.3) is 5.56 Å². The Hall–Kier alpha value is -3.75. The lowest BCUT2D eigenvalue weighted by Gasteiger charge is -2.38. The second-order valence-electron chi connectivity index (χ2n) is 7.89. The fourth-order valence-corrected chi connectivity index (χ4v) is 3.62. The van der Waals surface area contributed by atoms with Crippen LogP contribution in [0.25, 0.3) is 0 Å². The van der Waals surface area contributed by atoms with E-state index in [0.29, 0.717) is 25.6 Å². The first-order chi connectivity index (χ1) is 17.1. The first-order valence-corrected chi connectivity index (χ1v) is 10.8. The Bertz CT molecular complexity index is 1110. The molecule has 1 fully saturated rings. The number of methoxy groups -OCH3 is 1. The van der Waals surface area contributed by atoms with Crippen molar-refractivity contribution in [3.05, 3.63) is 52.5 Å². The Labute approximate surface area is 203 Å². The molecular weight excluding hydrogens is 490 g/mol. The number of carbonyl (C=O) groups is 1. The Kier molecular flexibility index (Phi) is 8.79. The molecule has 2 N–H and O–H groups in total. The molecule has 1 saturated heterocycles. The topological polar surface area (TPSA) is 126 Å². The molecule has 1 aliphatic rings. The van der Waals surface area contributed by atoms with Crippen molar-refractivity contribution < 1.29 is 31.8 Å². The summed E-state index contributed by atoms with van der Waals surface area (Å²) in [6.45, 7) is 2.81. The molecule has 0 aromatic carbocycles. The van der Waals surface area contributed by atoms with Crippen LogP contribution in [0, 0.1) is 5.82 Å². The van der Waals surface area contributed by atoms with Gasteiger partial charge in [-0.2, -0.15) is 18.3 Å². The summed E-state index contributed by atoms with van der Waals surface area (Å²) >= 11 is 0. The number of amides is 1. The second-order valence-corrected chi connectivity index (χ2v) is 7.89. The highest BCUT2D eigenvalue weighted by molar-refractivity contribution is 5.68. The van der Waals surface area contributed by atoms with Crippen LogP contribution in [-0.4, -0.2) is 83.2 Å². The van der Waals surface area contributed by atoms with Gasteiger partial charge in [0, 0.05) is 32.8 Å². The highest BCUT2D eigenvalue weighted by Gasteiger charge is 2.37. The van der Waals surface area contributed by atoms with Crippen LogP contribution in [-0.2, 0) is 15.7 Å². The standard InChI is InChI=1S/C21H25F4N7O4/c1-13-11-31(19-26-8-14(22)9-27-19)5-6-32(13)20(34)36-7-3-4-15(12-35-2)29-16-10-28-30-18(33)17(16)21(23,24)25/h3-4,8-10,13,15H,5-7,11-12H2,1-2H3,(H2,29,30,33)/b4-3+. The predicted molar refractivity (Wildman–Crippen MR) is 120 cm³/mol. The molecule has 3 rings (SSSR count). The number of aromatic nitrogens is 4. The van der Waals surface area contributed by atoms with Gasteiger partial charge < -0.3 is 24.6 Å². The van der Waals surface area contributed by atoms with Crippen LogP contribution in [0.2, 0.25) is 0 Å². The van der Waals surface area contributed by atoms with Gasteiger partial charge in [-0.25, -0.2) is 24.3 Å². The highest BCUT2D eigenvalue weighted by atomic mass is 19.4. The fourth-order valence-electron chi connectivity index (χ4n) is 3.62. The third kappa shape index (κ3) is 6.90. The average molecular weight is 515 g/mol. The van der Waals surface area contributed by atoms with Crippen LogP contribution in [0.1, 0.15) is 12.5 Å². The van der Waals surface area contributed by atoms with Gasteiger partial charge in [0.2, 0.25) is 5.95 Å². The summed E-state index contributed by atoms with van der Waals surface area (Å²) in [4.78, 5) is 35.4. The van der Waals surface area contributed by atoms with Gasteiger partial charge in [-0.3, -0.25) is 4.79 Å². The van der Waals surface area contributed by atoms with Crippen molar-refractivity contribution in [1.29, 1.82) is 0 Å².